The van der Waals surface area contributed by atoms with Gasteiger partial charge in [-0.3, -0.25) is 15.2 Å². The number of thiazole rings is 2. The Morgan fingerprint density at radius 1 is 1.00 bits per heavy atom. The number of aryl methyl sites for hydroxylation is 1. The van der Waals surface area contributed by atoms with Crippen LogP contribution in [0.25, 0.3) is 31.9 Å². The van der Waals surface area contributed by atoms with Gasteiger partial charge in [0.1, 0.15) is 29.7 Å². The van der Waals surface area contributed by atoms with Gasteiger partial charge in [0.25, 0.3) is 5.91 Å². The van der Waals surface area contributed by atoms with Gasteiger partial charge in [0, 0.05) is 24.2 Å². The molecule has 4 heterocycles. The number of anilines is 2. The van der Waals surface area contributed by atoms with E-state index >= 15 is 0 Å². The predicted octanol–water partition coefficient (Wildman–Crippen LogP) is 8.08. The molecule has 7 aromatic rings. The molecule has 0 atom stereocenters. The smallest absolute Gasteiger partial charge is 0.356 e. The van der Waals surface area contributed by atoms with Crippen molar-refractivity contribution in [2.45, 2.75) is 26.5 Å². The molecule has 0 bridgehead atoms. The second kappa shape index (κ2) is 13.7. The Labute approximate surface area is 305 Å². The molecule has 8 rings (SSSR count). The van der Waals surface area contributed by atoms with E-state index in [1.54, 1.807) is 0 Å². The number of benzene rings is 4. The Bertz CT molecular complexity index is 2500. The number of amides is 1. The Balaban J connectivity index is 0.983. The summed E-state index contributed by atoms with van der Waals surface area (Å²) in [5.41, 5.74) is 7.54. The van der Waals surface area contributed by atoms with Crippen molar-refractivity contribution < 1.29 is 19.4 Å². The van der Waals surface area contributed by atoms with Crippen molar-refractivity contribution in [2.75, 3.05) is 16.8 Å². The quantitative estimate of drug-likeness (QED) is 0.134. The first-order valence-corrected chi connectivity index (χ1v) is 18.0. The lowest BCUT2D eigenvalue weighted by Crippen LogP contribution is -2.32. The lowest BCUT2D eigenvalue weighted by molar-refractivity contribution is 0.0692. The van der Waals surface area contributed by atoms with Crippen LogP contribution in [0.3, 0.4) is 0 Å². The molecule has 0 spiro atoms. The zero-order valence-corrected chi connectivity index (χ0v) is 29.3. The SMILES string of the molecule is Cc1[nH]nc(-c2cccc(OCc3ccc(-c4sc(N5CCc6cccc(C(=O)Nc7nc8ccccc8s7)c6C5)nc4C(=O)O)cc3)c2)c1C#N. The molecule has 13 heteroatoms. The average Bonchev–Trinajstić information content (AvgIpc) is 3.90. The van der Waals surface area contributed by atoms with Gasteiger partial charge in [0.2, 0.25) is 0 Å². The second-order valence-corrected chi connectivity index (χ2v) is 14.2. The van der Waals surface area contributed by atoms with Crippen molar-refractivity contribution in [3.8, 4) is 33.5 Å². The molecule has 1 aliphatic heterocycles. The van der Waals surface area contributed by atoms with E-state index in [1.165, 1.54) is 22.7 Å². The number of carboxylic acid groups (broad SMARTS) is 1. The average molecular weight is 724 g/mol. The molecule has 0 saturated heterocycles. The molecule has 52 heavy (non-hydrogen) atoms. The van der Waals surface area contributed by atoms with Crippen LogP contribution in [0.5, 0.6) is 5.75 Å². The molecule has 1 aliphatic rings. The summed E-state index contributed by atoms with van der Waals surface area (Å²) >= 11 is 2.75. The highest BCUT2D eigenvalue weighted by Crippen LogP contribution is 2.38. The molecule has 0 fully saturated rings. The van der Waals surface area contributed by atoms with Gasteiger partial charge < -0.3 is 14.7 Å². The molecule has 11 nitrogen and oxygen atoms in total. The van der Waals surface area contributed by atoms with Gasteiger partial charge in [-0.2, -0.15) is 10.4 Å². The number of aromatic nitrogens is 4. The molecule has 0 aliphatic carbocycles. The number of carbonyl (C=O) groups is 2. The van der Waals surface area contributed by atoms with Crippen molar-refractivity contribution in [2.24, 2.45) is 0 Å². The highest BCUT2D eigenvalue weighted by atomic mass is 32.1. The maximum absolute atomic E-state index is 13.5. The van der Waals surface area contributed by atoms with Crippen molar-refractivity contribution in [3.05, 3.63) is 130 Å². The Morgan fingerprint density at radius 3 is 2.63 bits per heavy atom. The number of carboxylic acids is 1. The summed E-state index contributed by atoms with van der Waals surface area (Å²) in [6.07, 6.45) is 0.688. The number of nitrogens with zero attached hydrogens (tertiary/aromatic N) is 5. The van der Waals surface area contributed by atoms with E-state index < -0.39 is 5.97 Å². The van der Waals surface area contributed by atoms with Gasteiger partial charge in [-0.05, 0) is 65.9 Å². The van der Waals surface area contributed by atoms with Crippen molar-refractivity contribution in [1.82, 2.24) is 20.2 Å². The molecular formula is C39H29N7O4S2. The first-order chi connectivity index (χ1) is 25.3. The number of ether oxygens (including phenoxy) is 1. The number of carbonyl (C=O) groups excluding carboxylic acids is 1. The largest absolute Gasteiger partial charge is 0.489 e. The van der Waals surface area contributed by atoms with Gasteiger partial charge in [-0.1, -0.05) is 83.3 Å². The van der Waals surface area contributed by atoms with Gasteiger partial charge in [-0.25, -0.2) is 14.8 Å². The van der Waals surface area contributed by atoms with Crippen LogP contribution < -0.4 is 15.0 Å². The number of H-pyrrole nitrogens is 1. The molecule has 1 amide bonds. The topological polar surface area (TPSA) is 157 Å². The lowest BCUT2D eigenvalue weighted by atomic mass is 9.94. The Kier molecular flexibility index (Phi) is 8.68. The van der Waals surface area contributed by atoms with E-state index in [-0.39, 0.29) is 18.2 Å². The summed E-state index contributed by atoms with van der Waals surface area (Å²) < 4.78 is 7.06. The van der Waals surface area contributed by atoms with E-state index in [0.717, 1.165) is 38.0 Å². The fourth-order valence-electron chi connectivity index (χ4n) is 6.26. The molecule has 0 radical (unpaired) electrons. The molecule has 3 aromatic heterocycles. The minimum atomic E-state index is -1.11. The number of hydrogen-bond acceptors (Lipinski definition) is 10. The monoisotopic (exact) mass is 723 g/mol. The number of hydrogen-bond donors (Lipinski definition) is 3. The maximum Gasteiger partial charge on any atom is 0.356 e. The number of aromatic carboxylic acids is 1. The Hall–Kier alpha value is -6.36. The third-order valence-corrected chi connectivity index (χ3v) is 11.0. The van der Waals surface area contributed by atoms with E-state index in [1.807, 2.05) is 103 Å². The first kappa shape index (κ1) is 32.8. The molecule has 0 unspecified atom stereocenters. The molecular weight excluding hydrogens is 695 g/mol. The molecule has 3 N–H and O–H groups in total. The van der Waals surface area contributed by atoms with Gasteiger partial charge in [-0.15, -0.1) is 0 Å². The van der Waals surface area contributed by atoms with Crippen molar-refractivity contribution >= 4 is 55.0 Å². The van der Waals surface area contributed by atoms with Crippen LogP contribution in [0, 0.1) is 18.3 Å². The summed E-state index contributed by atoms with van der Waals surface area (Å²) in [6.45, 7) is 3.15. The van der Waals surface area contributed by atoms with Crippen LogP contribution in [-0.2, 0) is 19.6 Å². The van der Waals surface area contributed by atoms with E-state index in [9.17, 15) is 20.0 Å². The standard InChI is InChI=1S/C39H29N7O4S2/c1-22-29(19-40)33(45-44-22)26-7-4-8-27(18-26)50-21-23-12-14-25(15-13-23)35-34(37(48)49)42-39(52-35)46-17-16-24-6-5-9-28(30(24)20-46)36(47)43-38-41-31-10-2-3-11-32(31)51-38/h2-15,18H,16-17,20-21H2,1H3,(H,44,45)(H,48,49)(H,41,43,47). The first-order valence-electron chi connectivity index (χ1n) is 16.4. The number of nitrogens with one attached hydrogen (secondary N) is 2. The highest BCUT2D eigenvalue weighted by Gasteiger charge is 2.27. The lowest BCUT2D eigenvalue weighted by Gasteiger charge is -2.29. The second-order valence-electron chi connectivity index (χ2n) is 12.2. The summed E-state index contributed by atoms with van der Waals surface area (Å²) in [4.78, 5) is 37.6. The zero-order chi connectivity index (χ0) is 35.8. The summed E-state index contributed by atoms with van der Waals surface area (Å²) in [6, 6.07) is 30.7. The van der Waals surface area contributed by atoms with E-state index in [2.05, 4.69) is 31.6 Å². The van der Waals surface area contributed by atoms with Crippen LogP contribution in [0.2, 0.25) is 0 Å². The van der Waals surface area contributed by atoms with E-state index in [0.29, 0.717) is 62.9 Å². The van der Waals surface area contributed by atoms with Gasteiger partial charge in [0.05, 0.1) is 20.8 Å². The third kappa shape index (κ3) is 6.37. The third-order valence-electron chi connectivity index (χ3n) is 8.91. The Morgan fingerprint density at radius 2 is 1.83 bits per heavy atom. The zero-order valence-electron chi connectivity index (χ0n) is 27.7. The fourth-order valence-corrected chi connectivity index (χ4v) is 8.21. The number of nitriles is 1. The van der Waals surface area contributed by atoms with Crippen LogP contribution >= 0.6 is 22.7 Å². The fraction of sp³-hybridized carbons (Fsp3) is 0.128. The number of aromatic amines is 1. The molecule has 256 valence electrons. The number of rotatable bonds is 9. The molecule has 0 saturated carbocycles. The summed E-state index contributed by atoms with van der Waals surface area (Å²) in [7, 11) is 0. The normalized spacial score (nSPS) is 12.3. The van der Waals surface area contributed by atoms with Crippen LogP contribution in [0.1, 0.15) is 48.8 Å². The van der Waals surface area contributed by atoms with Gasteiger partial charge >= 0.3 is 5.97 Å². The summed E-state index contributed by atoms with van der Waals surface area (Å²) in [5, 5.41) is 30.9. The van der Waals surface area contributed by atoms with Crippen LogP contribution in [0.4, 0.5) is 10.3 Å². The minimum Gasteiger partial charge on any atom is -0.489 e. The van der Waals surface area contributed by atoms with Crippen LogP contribution in [-0.4, -0.2) is 43.7 Å². The van der Waals surface area contributed by atoms with E-state index in [4.69, 9.17) is 4.74 Å². The number of para-hydroxylation sites is 1. The minimum absolute atomic E-state index is 0.0150. The van der Waals surface area contributed by atoms with Crippen LogP contribution in [0.15, 0.2) is 91.0 Å². The number of fused-ring (bicyclic) bond motifs is 2. The highest BCUT2D eigenvalue weighted by molar-refractivity contribution is 7.22. The van der Waals surface area contributed by atoms with Gasteiger partial charge in [0.15, 0.2) is 16.0 Å². The predicted molar refractivity (Wildman–Crippen MR) is 201 cm³/mol. The van der Waals surface area contributed by atoms with Crippen molar-refractivity contribution in [1.29, 1.82) is 5.26 Å². The molecule has 4 aromatic carbocycles. The van der Waals surface area contributed by atoms with Crippen molar-refractivity contribution in [3.63, 3.8) is 0 Å². The summed E-state index contributed by atoms with van der Waals surface area (Å²) in [5.74, 6) is -0.710. The maximum atomic E-state index is 13.5.